The van der Waals surface area contributed by atoms with E-state index in [1.807, 2.05) is 0 Å². The molecule has 78 valence electrons. The molecule has 1 saturated heterocycles. The lowest BCUT2D eigenvalue weighted by Gasteiger charge is -2.18. The first kappa shape index (κ1) is 11.0. The summed E-state index contributed by atoms with van der Waals surface area (Å²) in [5.74, 6) is 1.72. The lowest BCUT2D eigenvalue weighted by atomic mass is 9.88. The number of rotatable bonds is 6. The maximum Gasteiger partial charge on any atom is 0.0891 e. The number of hydrogen-bond donors (Lipinski definition) is 0. The summed E-state index contributed by atoms with van der Waals surface area (Å²) in [5, 5.41) is 0. The Bertz CT molecular complexity index is 149. The zero-order valence-electron chi connectivity index (χ0n) is 9.60. The molecule has 1 heterocycles. The van der Waals surface area contributed by atoms with Crippen molar-refractivity contribution in [2.24, 2.45) is 11.8 Å². The molecular formula is C12H24O. The minimum absolute atomic E-state index is 0.255. The summed E-state index contributed by atoms with van der Waals surface area (Å²) >= 11 is 0. The molecule has 0 amide bonds. The molecule has 0 aromatic heterocycles. The van der Waals surface area contributed by atoms with E-state index < -0.39 is 0 Å². The Morgan fingerprint density at radius 1 is 1.31 bits per heavy atom. The van der Waals surface area contributed by atoms with Gasteiger partial charge in [0.15, 0.2) is 0 Å². The smallest absolute Gasteiger partial charge is 0.0891 e. The van der Waals surface area contributed by atoms with Gasteiger partial charge in [0.2, 0.25) is 0 Å². The van der Waals surface area contributed by atoms with Crippen LogP contribution in [0.3, 0.4) is 0 Å². The maximum atomic E-state index is 5.41. The molecule has 1 heteroatoms. The molecule has 0 aromatic rings. The predicted octanol–water partition coefficient (Wildman–Crippen LogP) is 3.63. The van der Waals surface area contributed by atoms with Gasteiger partial charge in [0.1, 0.15) is 0 Å². The zero-order chi connectivity index (χ0) is 9.90. The Labute approximate surface area is 82.9 Å². The van der Waals surface area contributed by atoms with Crippen molar-refractivity contribution in [1.82, 2.24) is 0 Å². The molecule has 1 aliphatic heterocycles. The van der Waals surface area contributed by atoms with Gasteiger partial charge in [-0.25, -0.2) is 0 Å². The lowest BCUT2D eigenvalue weighted by Crippen LogP contribution is -2.13. The quantitative estimate of drug-likeness (QED) is 0.574. The molecule has 3 atom stereocenters. The van der Waals surface area contributed by atoms with Crippen molar-refractivity contribution >= 4 is 0 Å². The third kappa shape index (κ3) is 4.12. The number of hydrogen-bond acceptors (Lipinski definition) is 1. The molecule has 1 nitrogen and oxygen atoms in total. The molecule has 13 heavy (non-hydrogen) atoms. The Hall–Kier alpha value is -0.0400. The van der Waals surface area contributed by atoms with Crippen LogP contribution in [0, 0.1) is 11.8 Å². The fourth-order valence-electron chi connectivity index (χ4n) is 2.36. The standard InChI is InChI=1S/C12H24O/c1-5-6-10(2)7-11(3)8-12(4)9-13-12/h10-11H,5-9H2,1-4H3. The van der Waals surface area contributed by atoms with Crippen LogP contribution in [0.15, 0.2) is 0 Å². The highest BCUT2D eigenvalue weighted by molar-refractivity contribution is 4.88. The lowest BCUT2D eigenvalue weighted by molar-refractivity contribution is 0.255. The predicted molar refractivity (Wildman–Crippen MR) is 56.8 cm³/mol. The molecule has 3 unspecified atom stereocenters. The molecule has 0 aromatic carbocycles. The first-order valence-corrected chi connectivity index (χ1v) is 5.69. The summed E-state index contributed by atoms with van der Waals surface area (Å²) in [6, 6.07) is 0. The first-order valence-electron chi connectivity index (χ1n) is 5.69. The van der Waals surface area contributed by atoms with Crippen LogP contribution in [-0.4, -0.2) is 12.2 Å². The normalized spacial score (nSPS) is 31.4. The van der Waals surface area contributed by atoms with E-state index in [0.29, 0.717) is 0 Å². The van der Waals surface area contributed by atoms with Crippen molar-refractivity contribution in [3.63, 3.8) is 0 Å². The van der Waals surface area contributed by atoms with Crippen LogP contribution in [0.1, 0.15) is 53.4 Å². The molecule has 0 spiro atoms. The van der Waals surface area contributed by atoms with Crippen LogP contribution in [0.4, 0.5) is 0 Å². The average Bonchev–Trinajstić information content (AvgIpc) is 2.67. The van der Waals surface area contributed by atoms with Crippen LogP contribution in [-0.2, 0) is 4.74 Å². The van der Waals surface area contributed by atoms with E-state index in [9.17, 15) is 0 Å². The number of ether oxygens (including phenoxy) is 1. The molecule has 0 N–H and O–H groups in total. The van der Waals surface area contributed by atoms with Crippen LogP contribution >= 0.6 is 0 Å². The second-order valence-corrected chi connectivity index (χ2v) is 5.18. The van der Waals surface area contributed by atoms with E-state index in [2.05, 4.69) is 27.7 Å². The van der Waals surface area contributed by atoms with Crippen LogP contribution < -0.4 is 0 Å². The molecule has 0 aliphatic carbocycles. The summed E-state index contributed by atoms with van der Waals surface area (Å²) in [5.41, 5.74) is 0.255. The second-order valence-electron chi connectivity index (χ2n) is 5.18. The summed E-state index contributed by atoms with van der Waals surface area (Å²) in [6.07, 6.45) is 5.32. The highest BCUT2D eigenvalue weighted by Gasteiger charge is 2.40. The van der Waals surface area contributed by atoms with Crippen LogP contribution in [0.25, 0.3) is 0 Å². The summed E-state index contributed by atoms with van der Waals surface area (Å²) in [7, 11) is 0. The van der Waals surface area contributed by atoms with E-state index in [1.54, 1.807) is 0 Å². The Balaban J connectivity index is 2.12. The van der Waals surface area contributed by atoms with E-state index >= 15 is 0 Å². The summed E-state index contributed by atoms with van der Waals surface area (Å²) in [6.45, 7) is 10.2. The monoisotopic (exact) mass is 184 g/mol. The minimum atomic E-state index is 0.255. The number of epoxide rings is 1. The zero-order valence-corrected chi connectivity index (χ0v) is 9.60. The molecule has 0 saturated carbocycles. The van der Waals surface area contributed by atoms with Gasteiger partial charge >= 0.3 is 0 Å². The Morgan fingerprint density at radius 2 is 1.92 bits per heavy atom. The van der Waals surface area contributed by atoms with Gasteiger partial charge in [0.05, 0.1) is 12.2 Å². The van der Waals surface area contributed by atoms with Crippen molar-refractivity contribution in [3.05, 3.63) is 0 Å². The van der Waals surface area contributed by atoms with Gasteiger partial charge in [-0.1, -0.05) is 33.6 Å². The topological polar surface area (TPSA) is 12.5 Å². The maximum absolute atomic E-state index is 5.41. The largest absolute Gasteiger partial charge is 0.370 e. The first-order chi connectivity index (χ1) is 6.06. The van der Waals surface area contributed by atoms with Crippen molar-refractivity contribution in [2.45, 2.75) is 59.0 Å². The van der Waals surface area contributed by atoms with Crippen LogP contribution in [0.2, 0.25) is 0 Å². The van der Waals surface area contributed by atoms with Gasteiger partial charge in [0.25, 0.3) is 0 Å². The summed E-state index contributed by atoms with van der Waals surface area (Å²) < 4.78 is 5.41. The van der Waals surface area contributed by atoms with Crippen molar-refractivity contribution in [2.75, 3.05) is 6.61 Å². The van der Waals surface area contributed by atoms with Gasteiger partial charge in [-0.05, 0) is 31.6 Å². The minimum Gasteiger partial charge on any atom is -0.370 e. The SMILES string of the molecule is CCCC(C)CC(C)CC1(C)CO1. The van der Waals surface area contributed by atoms with Gasteiger partial charge in [-0.2, -0.15) is 0 Å². The van der Waals surface area contributed by atoms with Gasteiger partial charge in [-0.15, -0.1) is 0 Å². The highest BCUT2D eigenvalue weighted by atomic mass is 16.6. The molecule has 0 bridgehead atoms. The molecular weight excluding hydrogens is 160 g/mol. The van der Waals surface area contributed by atoms with E-state index in [0.717, 1.165) is 18.4 Å². The molecule has 1 fully saturated rings. The average molecular weight is 184 g/mol. The fraction of sp³-hybridized carbons (Fsp3) is 1.00. The fourth-order valence-corrected chi connectivity index (χ4v) is 2.36. The van der Waals surface area contributed by atoms with Crippen molar-refractivity contribution in [1.29, 1.82) is 0 Å². The third-order valence-corrected chi connectivity index (χ3v) is 3.00. The molecule has 1 aliphatic rings. The molecule has 0 radical (unpaired) electrons. The second kappa shape index (κ2) is 4.45. The Kier molecular flexibility index (Phi) is 3.78. The highest BCUT2D eigenvalue weighted by Crippen LogP contribution is 2.35. The van der Waals surface area contributed by atoms with Crippen LogP contribution in [0.5, 0.6) is 0 Å². The summed E-state index contributed by atoms with van der Waals surface area (Å²) in [4.78, 5) is 0. The molecule has 1 rings (SSSR count). The van der Waals surface area contributed by atoms with Gasteiger partial charge in [-0.3, -0.25) is 0 Å². The van der Waals surface area contributed by atoms with Gasteiger partial charge < -0.3 is 4.74 Å². The third-order valence-electron chi connectivity index (χ3n) is 3.00. The van der Waals surface area contributed by atoms with E-state index in [4.69, 9.17) is 4.74 Å². The van der Waals surface area contributed by atoms with Gasteiger partial charge in [0, 0.05) is 0 Å². The van der Waals surface area contributed by atoms with Crippen molar-refractivity contribution in [3.8, 4) is 0 Å². The van der Waals surface area contributed by atoms with Crippen molar-refractivity contribution < 1.29 is 4.74 Å². The van der Waals surface area contributed by atoms with E-state index in [-0.39, 0.29) is 5.60 Å². The van der Waals surface area contributed by atoms with E-state index in [1.165, 1.54) is 25.7 Å². The Morgan fingerprint density at radius 3 is 2.38 bits per heavy atom.